The van der Waals surface area contributed by atoms with Gasteiger partial charge in [-0.15, -0.1) is 0 Å². The number of rotatable bonds is 3. The van der Waals surface area contributed by atoms with Crippen LogP contribution < -0.4 is 0 Å². The molecule has 116 valence electrons. The Kier molecular flexibility index (Phi) is 3.67. The second-order valence-electron chi connectivity index (χ2n) is 6.05. The molecule has 2 aliphatic carbocycles. The predicted molar refractivity (Wildman–Crippen MR) is 93.0 cm³/mol. The number of allylic oxidation sites excluding steroid dienone is 4. The molecule has 0 saturated carbocycles. The number of fused-ring (bicyclic) bond motifs is 1. The van der Waals surface area contributed by atoms with E-state index in [2.05, 4.69) is 28.4 Å². The molecule has 0 fully saturated rings. The largest absolute Gasteiger partial charge is 0.389 e. The van der Waals surface area contributed by atoms with E-state index >= 15 is 0 Å². The Labute approximate surface area is 134 Å². The summed E-state index contributed by atoms with van der Waals surface area (Å²) in [6.07, 6.45) is 13.7. The molecular weight excluding hydrogens is 286 g/mol. The summed E-state index contributed by atoms with van der Waals surface area (Å²) < 4.78 is 0. The van der Waals surface area contributed by atoms with Crippen LogP contribution >= 0.6 is 0 Å². The molecule has 4 nitrogen and oxygen atoms in total. The molecule has 4 rings (SSSR count). The predicted octanol–water partition coefficient (Wildman–Crippen LogP) is 3.99. The lowest BCUT2D eigenvalue weighted by atomic mass is 9.95. The Balaban J connectivity index is 1.76. The number of nitrogens with one attached hydrogen (secondary N) is 1. The fourth-order valence-corrected chi connectivity index (χ4v) is 3.12. The Morgan fingerprint density at radius 2 is 2.26 bits per heavy atom. The summed E-state index contributed by atoms with van der Waals surface area (Å²) in [5.74, 6) is 0. The van der Waals surface area contributed by atoms with Crippen molar-refractivity contribution >= 4 is 22.3 Å². The number of aliphatic hydroxyl groups is 1. The first-order chi connectivity index (χ1) is 11.3. The van der Waals surface area contributed by atoms with Crippen molar-refractivity contribution in [3.63, 3.8) is 0 Å². The molecule has 1 atom stereocenters. The van der Waals surface area contributed by atoms with Gasteiger partial charge in [0.1, 0.15) is 0 Å². The van der Waals surface area contributed by atoms with Gasteiger partial charge in [0.2, 0.25) is 0 Å². The second kappa shape index (κ2) is 5.97. The average molecular weight is 305 g/mol. The number of aliphatic imine (C=N–C) groups is 1. The van der Waals surface area contributed by atoms with Gasteiger partial charge in [-0.05, 0) is 55.0 Å². The third kappa shape index (κ3) is 2.90. The van der Waals surface area contributed by atoms with Crippen LogP contribution in [-0.4, -0.2) is 27.1 Å². The fourth-order valence-electron chi connectivity index (χ4n) is 3.12. The van der Waals surface area contributed by atoms with E-state index in [-0.39, 0.29) is 6.10 Å². The number of benzene rings is 1. The lowest BCUT2D eigenvalue weighted by molar-refractivity contribution is 0.225. The maximum Gasteiger partial charge on any atom is 0.0758 e. The zero-order valence-corrected chi connectivity index (χ0v) is 12.9. The summed E-state index contributed by atoms with van der Waals surface area (Å²) in [4.78, 5) is 4.92. The summed E-state index contributed by atoms with van der Waals surface area (Å²) in [6.45, 7) is 0. The van der Waals surface area contributed by atoms with Gasteiger partial charge < -0.3 is 5.11 Å². The quantitative estimate of drug-likeness (QED) is 0.842. The third-order valence-electron chi connectivity index (χ3n) is 4.36. The number of aromatic amines is 1. The summed E-state index contributed by atoms with van der Waals surface area (Å²) in [7, 11) is 0. The molecule has 0 radical (unpaired) electrons. The summed E-state index contributed by atoms with van der Waals surface area (Å²) in [5, 5.41) is 17.8. The van der Waals surface area contributed by atoms with E-state index in [0.29, 0.717) is 6.42 Å². The maximum atomic E-state index is 9.66. The highest BCUT2D eigenvalue weighted by atomic mass is 16.3. The van der Waals surface area contributed by atoms with Gasteiger partial charge in [-0.3, -0.25) is 5.10 Å². The molecule has 2 aromatic rings. The number of hydrogen-bond donors (Lipinski definition) is 2. The van der Waals surface area contributed by atoms with Crippen molar-refractivity contribution in [1.29, 1.82) is 0 Å². The highest BCUT2D eigenvalue weighted by Gasteiger charge is 2.17. The summed E-state index contributed by atoms with van der Waals surface area (Å²) in [5.41, 5.74) is 5.40. The molecule has 0 spiro atoms. The number of H-pyrrole nitrogens is 1. The van der Waals surface area contributed by atoms with Gasteiger partial charge in [-0.25, -0.2) is 4.99 Å². The Morgan fingerprint density at radius 1 is 1.30 bits per heavy atom. The first kappa shape index (κ1) is 14.2. The minimum atomic E-state index is -0.375. The molecule has 1 aromatic heterocycles. The van der Waals surface area contributed by atoms with Crippen LogP contribution in [-0.2, 0) is 0 Å². The maximum absolute atomic E-state index is 9.66. The van der Waals surface area contributed by atoms with Gasteiger partial charge >= 0.3 is 0 Å². The van der Waals surface area contributed by atoms with E-state index in [4.69, 9.17) is 4.99 Å². The molecular formula is C19H19N3O. The zero-order valence-electron chi connectivity index (χ0n) is 12.9. The molecule has 1 aromatic carbocycles. The van der Waals surface area contributed by atoms with Crippen molar-refractivity contribution in [2.45, 2.75) is 31.8 Å². The van der Waals surface area contributed by atoms with Crippen LogP contribution in [0.4, 0.5) is 5.69 Å². The third-order valence-corrected chi connectivity index (χ3v) is 4.36. The monoisotopic (exact) mass is 305 g/mol. The van der Waals surface area contributed by atoms with Gasteiger partial charge in [-0.2, -0.15) is 5.10 Å². The first-order valence-electron chi connectivity index (χ1n) is 8.07. The molecule has 0 bridgehead atoms. The van der Waals surface area contributed by atoms with Crippen LogP contribution in [0.25, 0.3) is 10.9 Å². The summed E-state index contributed by atoms with van der Waals surface area (Å²) in [6, 6.07) is 6.07. The molecule has 2 N–H and O–H groups in total. The minimum absolute atomic E-state index is 0.375. The van der Waals surface area contributed by atoms with Crippen LogP contribution in [0, 0.1) is 0 Å². The average Bonchev–Trinajstić information content (AvgIpc) is 3.24. The fraction of sp³-hybridized carbons (Fsp3) is 0.263. The van der Waals surface area contributed by atoms with Gasteiger partial charge in [0.05, 0.1) is 29.2 Å². The van der Waals surface area contributed by atoms with Crippen LogP contribution in [0.5, 0.6) is 0 Å². The first-order valence-corrected chi connectivity index (χ1v) is 8.07. The van der Waals surface area contributed by atoms with Crippen molar-refractivity contribution in [2.24, 2.45) is 4.99 Å². The van der Waals surface area contributed by atoms with Crippen LogP contribution in [0.15, 0.2) is 64.8 Å². The lowest BCUT2D eigenvalue weighted by Gasteiger charge is -2.14. The van der Waals surface area contributed by atoms with E-state index in [1.165, 1.54) is 12.0 Å². The van der Waals surface area contributed by atoms with E-state index < -0.39 is 0 Å². The van der Waals surface area contributed by atoms with Gasteiger partial charge in [0.25, 0.3) is 0 Å². The normalized spacial score (nSPS) is 21.6. The molecule has 1 heterocycles. The molecule has 4 heteroatoms. The molecule has 1 unspecified atom stereocenters. The Bertz CT molecular complexity index is 854. The van der Waals surface area contributed by atoms with Crippen LogP contribution in [0.1, 0.15) is 25.7 Å². The van der Waals surface area contributed by atoms with Crippen LogP contribution in [0.2, 0.25) is 0 Å². The smallest absolute Gasteiger partial charge is 0.0758 e. The summed E-state index contributed by atoms with van der Waals surface area (Å²) >= 11 is 0. The van der Waals surface area contributed by atoms with Gasteiger partial charge in [0, 0.05) is 5.39 Å². The molecule has 0 aliphatic heterocycles. The Hall–Kier alpha value is -2.46. The van der Waals surface area contributed by atoms with Crippen molar-refractivity contribution < 1.29 is 5.11 Å². The zero-order chi connectivity index (χ0) is 15.6. The molecule has 2 aliphatic rings. The second-order valence-corrected chi connectivity index (χ2v) is 6.05. The SMILES string of the molecule is OC1C=CC(C(=Nc2ccc3[nH]ncc3c2)C2=CCCC2)=CC1. The number of hydrogen-bond acceptors (Lipinski definition) is 3. The molecule has 0 amide bonds. The molecule has 23 heavy (non-hydrogen) atoms. The number of aliphatic hydroxyl groups excluding tert-OH is 1. The number of aromatic nitrogens is 2. The van der Waals surface area contributed by atoms with Crippen molar-refractivity contribution in [2.75, 3.05) is 0 Å². The van der Waals surface area contributed by atoms with E-state index in [9.17, 15) is 5.11 Å². The lowest BCUT2D eigenvalue weighted by Crippen LogP contribution is -2.11. The highest BCUT2D eigenvalue weighted by molar-refractivity contribution is 6.15. The van der Waals surface area contributed by atoms with Crippen molar-refractivity contribution in [1.82, 2.24) is 10.2 Å². The highest BCUT2D eigenvalue weighted by Crippen LogP contribution is 2.28. The standard InChI is InChI=1S/C19H19N3O/c23-17-8-5-14(6-9-17)19(13-3-1-2-4-13)21-16-7-10-18-15(11-16)12-20-22-18/h3,5-8,10-12,17,23H,1-2,4,9H2,(H,20,22). The van der Waals surface area contributed by atoms with Crippen molar-refractivity contribution in [3.05, 3.63) is 59.8 Å². The van der Waals surface area contributed by atoms with Gasteiger partial charge in [-0.1, -0.05) is 24.3 Å². The van der Waals surface area contributed by atoms with E-state index in [0.717, 1.165) is 40.7 Å². The van der Waals surface area contributed by atoms with Gasteiger partial charge in [0.15, 0.2) is 0 Å². The molecule has 0 saturated heterocycles. The van der Waals surface area contributed by atoms with Crippen LogP contribution in [0.3, 0.4) is 0 Å². The Morgan fingerprint density at radius 3 is 3.04 bits per heavy atom. The topological polar surface area (TPSA) is 61.3 Å². The minimum Gasteiger partial charge on any atom is -0.389 e. The van der Waals surface area contributed by atoms with E-state index in [1.54, 1.807) is 0 Å². The van der Waals surface area contributed by atoms with E-state index in [1.807, 2.05) is 30.5 Å². The van der Waals surface area contributed by atoms with Crippen molar-refractivity contribution in [3.8, 4) is 0 Å². The number of nitrogens with zero attached hydrogens (tertiary/aromatic N) is 2.